The lowest BCUT2D eigenvalue weighted by Crippen LogP contribution is -2.23. The first-order valence-corrected chi connectivity index (χ1v) is 8.57. The maximum absolute atomic E-state index is 12.1. The second-order valence-corrected chi connectivity index (χ2v) is 5.91. The van der Waals surface area contributed by atoms with E-state index >= 15 is 0 Å². The molecule has 3 aromatic rings. The number of pyridine rings is 1. The van der Waals surface area contributed by atoms with Gasteiger partial charge in [-0.05, 0) is 24.6 Å². The first kappa shape index (κ1) is 17.6. The molecule has 3 rings (SSSR count). The lowest BCUT2D eigenvalue weighted by molar-refractivity contribution is -0.121. The van der Waals surface area contributed by atoms with Gasteiger partial charge in [-0.1, -0.05) is 36.4 Å². The van der Waals surface area contributed by atoms with Crippen molar-refractivity contribution in [2.75, 3.05) is 0 Å². The molecule has 0 aliphatic heterocycles. The number of amides is 1. The Balaban J connectivity index is 1.47. The highest BCUT2D eigenvalue weighted by Gasteiger charge is 2.11. The first-order chi connectivity index (χ1) is 12.7. The molecule has 5 heteroatoms. The largest absolute Gasteiger partial charge is 0.463 e. The summed E-state index contributed by atoms with van der Waals surface area (Å²) in [6.07, 6.45) is 4.49. The van der Waals surface area contributed by atoms with E-state index in [1.807, 2.05) is 36.4 Å². The van der Waals surface area contributed by atoms with Gasteiger partial charge in [-0.2, -0.15) is 0 Å². The fourth-order valence-electron chi connectivity index (χ4n) is 2.68. The van der Waals surface area contributed by atoms with Crippen LogP contribution < -0.4 is 5.32 Å². The molecule has 0 radical (unpaired) electrons. The molecule has 5 nitrogen and oxygen atoms in total. The Morgan fingerprint density at radius 2 is 1.81 bits per heavy atom. The molecule has 0 spiro atoms. The Labute approximate surface area is 152 Å². The smallest absolute Gasteiger partial charge is 0.220 e. The van der Waals surface area contributed by atoms with E-state index in [0.29, 0.717) is 37.1 Å². The molecule has 0 aliphatic carbocycles. The number of carbonyl (C=O) groups is 2. The minimum absolute atomic E-state index is 0.0609. The minimum Gasteiger partial charge on any atom is -0.463 e. The van der Waals surface area contributed by atoms with Crippen molar-refractivity contribution < 1.29 is 14.0 Å². The van der Waals surface area contributed by atoms with Gasteiger partial charge in [0.2, 0.25) is 5.91 Å². The number of hydrogen-bond acceptors (Lipinski definition) is 4. The Morgan fingerprint density at radius 3 is 2.58 bits per heavy atom. The number of hydrogen-bond donors (Lipinski definition) is 1. The Morgan fingerprint density at radius 1 is 0.962 bits per heavy atom. The number of aromatic nitrogens is 1. The van der Waals surface area contributed by atoms with Gasteiger partial charge >= 0.3 is 0 Å². The zero-order chi connectivity index (χ0) is 18.2. The molecule has 0 saturated heterocycles. The average molecular weight is 348 g/mol. The van der Waals surface area contributed by atoms with Crippen LogP contribution in [0.1, 0.15) is 35.2 Å². The van der Waals surface area contributed by atoms with Crippen molar-refractivity contribution in [1.82, 2.24) is 10.3 Å². The lowest BCUT2D eigenvalue weighted by atomic mass is 10.1. The SMILES string of the molecule is O=C(CCCC(=O)c1ccccc1)NCc1cccnc1-c1ccco1. The van der Waals surface area contributed by atoms with Crippen LogP contribution in [0.4, 0.5) is 0 Å². The number of benzene rings is 1. The quantitative estimate of drug-likeness (QED) is 0.624. The topological polar surface area (TPSA) is 72.2 Å². The fourth-order valence-corrected chi connectivity index (χ4v) is 2.68. The summed E-state index contributed by atoms with van der Waals surface area (Å²) in [5, 5.41) is 2.88. The van der Waals surface area contributed by atoms with Crippen LogP contribution >= 0.6 is 0 Å². The molecule has 2 heterocycles. The summed E-state index contributed by atoms with van der Waals surface area (Å²) < 4.78 is 5.39. The predicted octanol–water partition coefficient (Wildman–Crippen LogP) is 4.01. The molecule has 0 unspecified atom stereocenters. The van der Waals surface area contributed by atoms with Crippen LogP contribution in [0.5, 0.6) is 0 Å². The van der Waals surface area contributed by atoms with Crippen LogP contribution in [0.3, 0.4) is 0 Å². The monoisotopic (exact) mass is 348 g/mol. The van der Waals surface area contributed by atoms with Gasteiger partial charge in [0, 0.05) is 36.7 Å². The summed E-state index contributed by atoms with van der Waals surface area (Å²) in [7, 11) is 0. The maximum atomic E-state index is 12.1. The maximum Gasteiger partial charge on any atom is 0.220 e. The van der Waals surface area contributed by atoms with Crippen molar-refractivity contribution in [2.24, 2.45) is 0 Å². The molecular weight excluding hydrogens is 328 g/mol. The normalized spacial score (nSPS) is 10.5. The fraction of sp³-hybridized carbons (Fsp3) is 0.190. The molecule has 0 bridgehead atoms. The molecule has 2 aromatic heterocycles. The number of furan rings is 1. The number of rotatable bonds is 8. The highest BCUT2D eigenvalue weighted by Crippen LogP contribution is 2.21. The van der Waals surface area contributed by atoms with Crippen molar-refractivity contribution in [3.8, 4) is 11.5 Å². The van der Waals surface area contributed by atoms with Crippen LogP contribution in [0, 0.1) is 0 Å². The van der Waals surface area contributed by atoms with Gasteiger partial charge in [0.25, 0.3) is 0 Å². The third-order valence-corrected chi connectivity index (χ3v) is 4.03. The van der Waals surface area contributed by atoms with Gasteiger partial charge in [0.1, 0.15) is 5.69 Å². The summed E-state index contributed by atoms with van der Waals surface area (Å²) >= 11 is 0. The second kappa shape index (κ2) is 8.76. The van der Waals surface area contributed by atoms with Crippen molar-refractivity contribution in [1.29, 1.82) is 0 Å². The van der Waals surface area contributed by atoms with Crippen LogP contribution in [0.2, 0.25) is 0 Å². The molecule has 1 amide bonds. The Hall–Kier alpha value is -3.21. The lowest BCUT2D eigenvalue weighted by Gasteiger charge is -2.08. The Bertz CT molecular complexity index is 858. The summed E-state index contributed by atoms with van der Waals surface area (Å²) in [4.78, 5) is 28.4. The van der Waals surface area contributed by atoms with Gasteiger partial charge in [-0.25, -0.2) is 0 Å². The zero-order valence-electron chi connectivity index (χ0n) is 14.4. The highest BCUT2D eigenvalue weighted by atomic mass is 16.3. The molecular formula is C21H20N2O3. The first-order valence-electron chi connectivity index (χ1n) is 8.57. The van der Waals surface area contributed by atoms with E-state index < -0.39 is 0 Å². The van der Waals surface area contributed by atoms with E-state index in [1.165, 1.54) is 0 Å². The minimum atomic E-state index is -0.0832. The van der Waals surface area contributed by atoms with Crippen LogP contribution in [-0.4, -0.2) is 16.7 Å². The predicted molar refractivity (Wildman–Crippen MR) is 98.4 cm³/mol. The molecule has 0 aliphatic rings. The molecule has 132 valence electrons. The zero-order valence-corrected chi connectivity index (χ0v) is 14.4. The van der Waals surface area contributed by atoms with Crippen LogP contribution in [0.25, 0.3) is 11.5 Å². The van der Waals surface area contributed by atoms with Gasteiger partial charge < -0.3 is 9.73 Å². The van der Waals surface area contributed by atoms with Gasteiger partial charge in [-0.15, -0.1) is 0 Å². The van der Waals surface area contributed by atoms with Gasteiger partial charge in [0.15, 0.2) is 11.5 Å². The van der Waals surface area contributed by atoms with E-state index in [9.17, 15) is 9.59 Å². The summed E-state index contributed by atoms with van der Waals surface area (Å²) in [5.41, 5.74) is 2.29. The molecule has 1 N–H and O–H groups in total. The Kier molecular flexibility index (Phi) is 5.93. The second-order valence-electron chi connectivity index (χ2n) is 5.91. The molecule has 0 saturated carbocycles. The average Bonchev–Trinajstić information content (AvgIpc) is 3.22. The number of nitrogens with zero attached hydrogens (tertiary/aromatic N) is 1. The number of nitrogens with one attached hydrogen (secondary N) is 1. The molecule has 1 aromatic carbocycles. The summed E-state index contributed by atoms with van der Waals surface area (Å²) in [6.45, 7) is 0.370. The van der Waals surface area contributed by atoms with Crippen LogP contribution in [-0.2, 0) is 11.3 Å². The third kappa shape index (κ3) is 4.66. The molecule has 26 heavy (non-hydrogen) atoms. The summed E-state index contributed by atoms with van der Waals surface area (Å²) in [5.74, 6) is 0.647. The van der Waals surface area contributed by atoms with Crippen molar-refractivity contribution in [3.05, 3.63) is 78.2 Å². The molecule has 0 fully saturated rings. The summed E-state index contributed by atoms with van der Waals surface area (Å²) in [6, 6.07) is 16.5. The number of Topliss-reactive ketones (excluding diaryl/α,β-unsaturated/α-hetero) is 1. The van der Waals surface area contributed by atoms with E-state index in [2.05, 4.69) is 10.3 Å². The van der Waals surface area contributed by atoms with Crippen molar-refractivity contribution in [2.45, 2.75) is 25.8 Å². The van der Waals surface area contributed by atoms with Gasteiger partial charge in [-0.3, -0.25) is 14.6 Å². The van der Waals surface area contributed by atoms with E-state index in [-0.39, 0.29) is 11.7 Å². The number of carbonyl (C=O) groups excluding carboxylic acids is 2. The van der Waals surface area contributed by atoms with Crippen molar-refractivity contribution >= 4 is 11.7 Å². The van der Waals surface area contributed by atoms with E-state index in [1.54, 1.807) is 30.7 Å². The van der Waals surface area contributed by atoms with E-state index in [0.717, 1.165) is 11.3 Å². The molecule has 0 atom stereocenters. The third-order valence-electron chi connectivity index (χ3n) is 4.03. The van der Waals surface area contributed by atoms with Crippen molar-refractivity contribution in [3.63, 3.8) is 0 Å². The van der Waals surface area contributed by atoms with E-state index in [4.69, 9.17) is 4.42 Å². The van der Waals surface area contributed by atoms with Gasteiger partial charge in [0.05, 0.1) is 6.26 Å². The van der Waals surface area contributed by atoms with Crippen LogP contribution in [0.15, 0.2) is 71.5 Å². The number of ketones is 1. The highest BCUT2D eigenvalue weighted by molar-refractivity contribution is 5.96. The standard InChI is InChI=1S/C21H20N2O3/c24-18(16-7-2-1-3-8-16)10-4-12-20(25)23-15-17-9-5-13-22-21(17)19-11-6-14-26-19/h1-3,5-9,11,13-14H,4,10,12,15H2,(H,23,25).